The van der Waals surface area contributed by atoms with Crippen molar-refractivity contribution in [2.75, 3.05) is 0 Å². The van der Waals surface area contributed by atoms with E-state index >= 15 is 0 Å². The van der Waals surface area contributed by atoms with Crippen molar-refractivity contribution in [3.63, 3.8) is 0 Å². The normalized spacial score (nSPS) is 11.4. The van der Waals surface area contributed by atoms with Crippen LogP contribution in [0.1, 0.15) is 0 Å². The Kier molecular flexibility index (Phi) is 2.09. The first kappa shape index (κ1) is 8.96. The molecular weight excluding hydrogens is 202 g/mol. The van der Waals surface area contributed by atoms with Gasteiger partial charge in [-0.3, -0.25) is 0 Å². The first-order valence-electron chi connectivity index (χ1n) is 3.90. The number of sulfone groups is 1. The molecule has 1 aromatic heterocycles. The number of nitrogens with zero attached hydrogens (tertiary/aromatic N) is 1. The van der Waals surface area contributed by atoms with Crippen molar-refractivity contribution in [1.82, 2.24) is 4.98 Å². The molecule has 0 N–H and O–H groups in total. The average Bonchev–Trinajstić information content (AvgIpc) is 2.72. The summed E-state index contributed by atoms with van der Waals surface area (Å²) in [5, 5.41) is -0.135. The number of oxazole rings is 1. The van der Waals surface area contributed by atoms with E-state index in [1.807, 2.05) is 0 Å². The number of hydrogen-bond donors (Lipinski definition) is 0. The summed E-state index contributed by atoms with van der Waals surface area (Å²) in [6.07, 6.45) is 2.28. The SMILES string of the molecule is O=S(=O)(c1ccccc1)c1cnco1. The lowest BCUT2D eigenvalue weighted by Gasteiger charge is -1.98. The van der Waals surface area contributed by atoms with Crippen molar-refractivity contribution in [2.45, 2.75) is 9.99 Å². The van der Waals surface area contributed by atoms with E-state index in [4.69, 9.17) is 4.42 Å². The highest BCUT2D eigenvalue weighted by Crippen LogP contribution is 2.18. The van der Waals surface area contributed by atoms with E-state index in [9.17, 15) is 8.42 Å². The molecule has 0 aliphatic carbocycles. The van der Waals surface area contributed by atoms with Gasteiger partial charge in [0, 0.05) is 0 Å². The minimum atomic E-state index is -3.52. The first-order valence-corrected chi connectivity index (χ1v) is 5.38. The fraction of sp³-hybridized carbons (Fsp3) is 0. The van der Waals surface area contributed by atoms with Crippen LogP contribution in [0.25, 0.3) is 0 Å². The largest absolute Gasteiger partial charge is 0.432 e. The smallest absolute Gasteiger partial charge is 0.242 e. The lowest BCUT2D eigenvalue weighted by atomic mass is 10.4. The second-order valence-electron chi connectivity index (χ2n) is 2.64. The van der Waals surface area contributed by atoms with Crippen LogP contribution in [0.15, 0.2) is 57.3 Å². The molecule has 0 amide bonds. The summed E-state index contributed by atoms with van der Waals surface area (Å²) in [5.41, 5.74) is 0. The Hall–Kier alpha value is -1.62. The molecule has 0 unspecified atom stereocenters. The van der Waals surface area contributed by atoms with Gasteiger partial charge < -0.3 is 4.42 Å². The summed E-state index contributed by atoms with van der Waals surface area (Å²) >= 11 is 0. The van der Waals surface area contributed by atoms with Crippen LogP contribution in [0.2, 0.25) is 0 Å². The topological polar surface area (TPSA) is 60.2 Å². The predicted octanol–water partition coefficient (Wildman–Crippen LogP) is 1.51. The maximum Gasteiger partial charge on any atom is 0.242 e. The molecular formula is C9H7NO3S. The van der Waals surface area contributed by atoms with Gasteiger partial charge in [-0.15, -0.1) is 0 Å². The third-order valence-corrected chi connectivity index (χ3v) is 3.35. The minimum absolute atomic E-state index is 0.135. The van der Waals surface area contributed by atoms with Crippen LogP contribution in [0.3, 0.4) is 0 Å². The van der Waals surface area contributed by atoms with Crippen molar-refractivity contribution in [1.29, 1.82) is 0 Å². The van der Waals surface area contributed by atoms with Crippen LogP contribution in [-0.4, -0.2) is 13.4 Å². The van der Waals surface area contributed by atoms with E-state index in [2.05, 4.69) is 4.98 Å². The highest BCUT2D eigenvalue weighted by atomic mass is 32.2. The summed E-state index contributed by atoms with van der Waals surface area (Å²) in [5.74, 6) is 0. The number of aromatic nitrogens is 1. The fourth-order valence-corrected chi connectivity index (χ4v) is 2.17. The Bertz CT molecular complexity index is 502. The van der Waals surface area contributed by atoms with Crippen LogP contribution in [0, 0.1) is 0 Å². The summed E-state index contributed by atoms with van der Waals surface area (Å²) in [4.78, 5) is 3.77. The van der Waals surface area contributed by atoms with Gasteiger partial charge in [-0.2, -0.15) is 0 Å². The van der Waals surface area contributed by atoms with Crippen molar-refractivity contribution in [3.8, 4) is 0 Å². The highest BCUT2D eigenvalue weighted by Gasteiger charge is 2.20. The van der Waals surface area contributed by atoms with Gasteiger partial charge in [0.05, 0.1) is 11.1 Å². The molecule has 0 spiro atoms. The highest BCUT2D eigenvalue weighted by molar-refractivity contribution is 7.91. The van der Waals surface area contributed by atoms with E-state index < -0.39 is 9.84 Å². The third kappa shape index (κ3) is 1.42. The van der Waals surface area contributed by atoms with Gasteiger partial charge in [0.1, 0.15) is 0 Å². The number of rotatable bonds is 2. The minimum Gasteiger partial charge on any atom is -0.432 e. The summed E-state index contributed by atoms with van der Waals surface area (Å²) < 4.78 is 28.3. The molecule has 4 nitrogen and oxygen atoms in total. The Labute approximate surface area is 81.1 Å². The summed E-state index contributed by atoms with van der Waals surface area (Å²) in [6.45, 7) is 0. The van der Waals surface area contributed by atoms with Gasteiger partial charge in [0.2, 0.25) is 14.9 Å². The summed E-state index contributed by atoms with van der Waals surface area (Å²) in [7, 11) is -3.52. The van der Waals surface area contributed by atoms with Gasteiger partial charge in [-0.25, -0.2) is 13.4 Å². The van der Waals surface area contributed by atoms with Gasteiger partial charge in [0.15, 0.2) is 6.39 Å². The van der Waals surface area contributed by atoms with Crippen LogP contribution < -0.4 is 0 Å². The molecule has 14 heavy (non-hydrogen) atoms. The molecule has 0 saturated carbocycles. The molecule has 2 aromatic rings. The molecule has 1 heterocycles. The monoisotopic (exact) mass is 209 g/mol. The molecule has 0 saturated heterocycles. The standard InChI is InChI=1S/C9H7NO3S/c11-14(12,9-6-10-7-13-9)8-4-2-1-3-5-8/h1-7H. The van der Waals surface area contributed by atoms with E-state index in [0.717, 1.165) is 6.39 Å². The first-order chi connectivity index (χ1) is 6.71. The fourth-order valence-electron chi connectivity index (χ4n) is 1.05. The van der Waals surface area contributed by atoms with E-state index in [1.54, 1.807) is 18.2 Å². The predicted molar refractivity (Wildman–Crippen MR) is 48.4 cm³/mol. The van der Waals surface area contributed by atoms with Gasteiger partial charge in [-0.05, 0) is 12.1 Å². The molecule has 0 atom stereocenters. The van der Waals surface area contributed by atoms with Crippen LogP contribution >= 0.6 is 0 Å². The van der Waals surface area contributed by atoms with Crippen molar-refractivity contribution >= 4 is 9.84 Å². The summed E-state index contributed by atoms with van der Waals surface area (Å²) in [6, 6.07) is 8.08. The van der Waals surface area contributed by atoms with E-state index in [0.29, 0.717) is 0 Å². The lowest BCUT2D eigenvalue weighted by Crippen LogP contribution is -1.99. The molecule has 1 aromatic carbocycles. The molecule has 0 fully saturated rings. The molecule has 72 valence electrons. The molecule has 0 bridgehead atoms. The Balaban J connectivity index is 2.55. The Morgan fingerprint density at radius 3 is 2.43 bits per heavy atom. The second kappa shape index (κ2) is 3.26. The van der Waals surface area contributed by atoms with Crippen molar-refractivity contribution < 1.29 is 12.8 Å². The van der Waals surface area contributed by atoms with Crippen LogP contribution in [0.4, 0.5) is 0 Å². The molecule has 2 rings (SSSR count). The van der Waals surface area contributed by atoms with Crippen molar-refractivity contribution in [2.24, 2.45) is 0 Å². The maximum absolute atomic E-state index is 11.8. The van der Waals surface area contributed by atoms with Gasteiger partial charge in [0.25, 0.3) is 0 Å². The zero-order valence-corrected chi connectivity index (χ0v) is 7.94. The number of hydrogen-bond acceptors (Lipinski definition) is 4. The van der Waals surface area contributed by atoms with Crippen LogP contribution in [-0.2, 0) is 9.84 Å². The molecule has 0 aliphatic rings. The average molecular weight is 209 g/mol. The van der Waals surface area contributed by atoms with E-state index in [-0.39, 0.29) is 9.99 Å². The quantitative estimate of drug-likeness (QED) is 0.752. The van der Waals surface area contributed by atoms with E-state index in [1.165, 1.54) is 18.3 Å². The number of benzene rings is 1. The lowest BCUT2D eigenvalue weighted by molar-refractivity contribution is 0.446. The van der Waals surface area contributed by atoms with Crippen LogP contribution in [0.5, 0.6) is 0 Å². The van der Waals surface area contributed by atoms with Gasteiger partial charge in [-0.1, -0.05) is 18.2 Å². The molecule has 0 radical (unpaired) electrons. The molecule has 5 heteroatoms. The third-order valence-electron chi connectivity index (χ3n) is 1.73. The zero-order chi connectivity index (χ0) is 10.0. The molecule has 0 aliphatic heterocycles. The maximum atomic E-state index is 11.8. The zero-order valence-electron chi connectivity index (χ0n) is 7.12. The Morgan fingerprint density at radius 2 is 1.86 bits per heavy atom. The second-order valence-corrected chi connectivity index (χ2v) is 4.52. The Morgan fingerprint density at radius 1 is 1.14 bits per heavy atom. The van der Waals surface area contributed by atoms with Gasteiger partial charge >= 0.3 is 0 Å². The van der Waals surface area contributed by atoms with Crippen molar-refractivity contribution in [3.05, 3.63) is 42.9 Å².